The predicted molar refractivity (Wildman–Crippen MR) is 130 cm³/mol. The van der Waals surface area contributed by atoms with E-state index >= 15 is 0 Å². The zero-order valence-corrected chi connectivity index (χ0v) is 20.1. The van der Waals surface area contributed by atoms with Crippen LogP contribution in [0.15, 0.2) is 47.8 Å². The van der Waals surface area contributed by atoms with Crippen molar-refractivity contribution in [1.82, 2.24) is 24.8 Å². The lowest BCUT2D eigenvalue weighted by Crippen LogP contribution is -2.24. The molecule has 2 N–H and O–H groups in total. The molecular weight excluding hydrogens is 509 g/mol. The molecular formula is C24H19F3N6O3S. The fourth-order valence-corrected chi connectivity index (χ4v) is 4.93. The van der Waals surface area contributed by atoms with Crippen LogP contribution in [-0.4, -0.2) is 39.1 Å². The Kier molecular flexibility index (Phi) is 6.72. The van der Waals surface area contributed by atoms with E-state index in [1.54, 1.807) is 6.07 Å². The van der Waals surface area contributed by atoms with Crippen molar-refractivity contribution in [2.24, 2.45) is 0 Å². The van der Waals surface area contributed by atoms with Crippen molar-refractivity contribution in [3.8, 4) is 22.7 Å². The van der Waals surface area contributed by atoms with Crippen LogP contribution in [-0.2, 0) is 13.0 Å². The first kappa shape index (κ1) is 24.6. The molecule has 0 spiro atoms. The number of fused-ring (bicyclic) bond motifs is 1. The van der Waals surface area contributed by atoms with Crippen LogP contribution in [0.2, 0.25) is 0 Å². The van der Waals surface area contributed by atoms with E-state index in [4.69, 9.17) is 4.74 Å². The summed E-state index contributed by atoms with van der Waals surface area (Å²) in [5.74, 6) is -1.84. The van der Waals surface area contributed by atoms with Crippen molar-refractivity contribution in [1.29, 1.82) is 0 Å². The van der Waals surface area contributed by atoms with Crippen LogP contribution in [0.5, 0.6) is 5.75 Å². The lowest BCUT2D eigenvalue weighted by molar-refractivity contribution is 0.102. The minimum Gasteiger partial charge on any atom is -0.494 e. The third kappa shape index (κ3) is 4.70. The van der Waals surface area contributed by atoms with E-state index in [2.05, 4.69) is 25.6 Å². The predicted octanol–water partition coefficient (Wildman–Crippen LogP) is 3.73. The van der Waals surface area contributed by atoms with Crippen molar-refractivity contribution < 1.29 is 22.7 Å². The zero-order valence-electron chi connectivity index (χ0n) is 19.3. The Labute approximate surface area is 212 Å². The van der Waals surface area contributed by atoms with Crippen molar-refractivity contribution >= 4 is 22.4 Å². The molecule has 0 saturated heterocycles. The second-order valence-corrected chi connectivity index (χ2v) is 9.08. The molecule has 0 radical (unpaired) electrons. The maximum Gasteiger partial charge on any atom is 0.292 e. The quantitative estimate of drug-likeness (QED) is 0.392. The number of halogens is 3. The molecule has 0 aromatic carbocycles. The molecule has 37 heavy (non-hydrogen) atoms. The van der Waals surface area contributed by atoms with Gasteiger partial charge in [0.05, 0.1) is 30.1 Å². The van der Waals surface area contributed by atoms with Gasteiger partial charge in [0.25, 0.3) is 17.9 Å². The molecule has 0 unspecified atom stereocenters. The first-order valence-corrected chi connectivity index (χ1v) is 11.9. The molecule has 190 valence electrons. The summed E-state index contributed by atoms with van der Waals surface area (Å²) < 4.78 is 46.6. The van der Waals surface area contributed by atoms with Crippen molar-refractivity contribution in [2.75, 3.05) is 19.0 Å². The number of aromatic nitrogens is 4. The number of carbonyl (C=O) groups excluding carboxylic acids is 1. The third-order valence-electron chi connectivity index (χ3n) is 5.80. The number of anilines is 1. The summed E-state index contributed by atoms with van der Waals surface area (Å²) in [6, 6.07) is 3.80. The van der Waals surface area contributed by atoms with Gasteiger partial charge in [0.15, 0.2) is 10.9 Å². The third-order valence-corrected chi connectivity index (χ3v) is 6.81. The van der Waals surface area contributed by atoms with Gasteiger partial charge in [-0.2, -0.15) is 0 Å². The number of ether oxygens (including phenoxy) is 1. The Hall–Kier alpha value is -4.10. The van der Waals surface area contributed by atoms with Crippen LogP contribution in [0.3, 0.4) is 0 Å². The van der Waals surface area contributed by atoms with E-state index in [0.717, 1.165) is 40.4 Å². The fraction of sp³-hybridized carbons (Fsp3) is 0.208. The second-order valence-electron chi connectivity index (χ2n) is 7.99. The number of hydrogen-bond donors (Lipinski definition) is 2. The SMILES string of the molecule is COc1cnccc1-c1cc(-n2ccc(C(F)F)c(F)c2=O)ncc1C(=O)Nc1nc2c(s1)CNCC2. The lowest BCUT2D eigenvalue weighted by Gasteiger charge is -2.14. The first-order chi connectivity index (χ1) is 17.9. The van der Waals surface area contributed by atoms with E-state index in [1.165, 1.54) is 43.1 Å². The van der Waals surface area contributed by atoms with Gasteiger partial charge in [-0.3, -0.25) is 24.5 Å². The Bertz CT molecular complexity index is 1530. The molecule has 1 aliphatic heterocycles. The van der Waals surface area contributed by atoms with Gasteiger partial charge < -0.3 is 10.1 Å². The Morgan fingerprint density at radius 1 is 1.27 bits per heavy atom. The Morgan fingerprint density at radius 3 is 2.86 bits per heavy atom. The Balaban J connectivity index is 1.60. The number of methoxy groups -OCH3 is 1. The number of nitrogens with one attached hydrogen (secondary N) is 2. The van der Waals surface area contributed by atoms with Crippen LogP contribution in [0.4, 0.5) is 18.3 Å². The molecule has 9 nitrogen and oxygen atoms in total. The number of hydrogen-bond acceptors (Lipinski definition) is 8. The standard InChI is InChI=1S/C24H19F3N6O3S/c1-36-17-10-28-5-2-12(17)14-8-19(33-7-4-13(21(26)27)20(25)23(33)35)30-9-15(14)22(34)32-24-31-16-3-6-29-11-18(16)37-24/h2,4-5,7-10,21,29H,3,6,11H2,1H3,(H,31,32,34). The number of thiazole rings is 1. The maximum absolute atomic E-state index is 14.3. The summed E-state index contributed by atoms with van der Waals surface area (Å²) in [6.45, 7) is 1.48. The van der Waals surface area contributed by atoms with Gasteiger partial charge >= 0.3 is 0 Å². The van der Waals surface area contributed by atoms with Crippen molar-refractivity contribution in [3.63, 3.8) is 0 Å². The molecule has 5 heterocycles. The summed E-state index contributed by atoms with van der Waals surface area (Å²) in [7, 11) is 1.43. The largest absolute Gasteiger partial charge is 0.494 e. The highest BCUT2D eigenvalue weighted by Crippen LogP contribution is 2.33. The fourth-order valence-electron chi connectivity index (χ4n) is 3.96. The number of alkyl halides is 2. The molecule has 1 aliphatic rings. The summed E-state index contributed by atoms with van der Waals surface area (Å²) in [6.07, 6.45) is 2.78. The molecule has 4 aromatic heterocycles. The maximum atomic E-state index is 14.3. The van der Waals surface area contributed by atoms with Gasteiger partial charge in [0.2, 0.25) is 0 Å². The number of carbonyl (C=O) groups is 1. The molecule has 0 saturated carbocycles. The van der Waals surface area contributed by atoms with Crippen LogP contribution in [0.1, 0.15) is 32.9 Å². The first-order valence-electron chi connectivity index (χ1n) is 11.1. The second kappa shape index (κ2) is 10.1. The summed E-state index contributed by atoms with van der Waals surface area (Å²) in [5.41, 5.74) is -0.497. The summed E-state index contributed by atoms with van der Waals surface area (Å²) >= 11 is 1.37. The van der Waals surface area contributed by atoms with Gasteiger partial charge in [-0.15, -0.1) is 11.3 Å². The highest BCUT2D eigenvalue weighted by Gasteiger charge is 2.23. The minimum atomic E-state index is -3.15. The number of rotatable bonds is 6. The molecule has 0 fully saturated rings. The smallest absolute Gasteiger partial charge is 0.292 e. The van der Waals surface area contributed by atoms with E-state index in [-0.39, 0.29) is 11.4 Å². The highest BCUT2D eigenvalue weighted by atomic mass is 32.1. The molecule has 1 amide bonds. The van der Waals surface area contributed by atoms with Crippen molar-refractivity contribution in [2.45, 2.75) is 19.4 Å². The van der Waals surface area contributed by atoms with E-state index < -0.39 is 29.3 Å². The van der Waals surface area contributed by atoms with Gasteiger partial charge in [-0.25, -0.2) is 23.1 Å². The zero-order chi connectivity index (χ0) is 26.1. The van der Waals surface area contributed by atoms with Crippen LogP contribution in [0.25, 0.3) is 16.9 Å². The van der Waals surface area contributed by atoms with E-state index in [1.807, 2.05) is 0 Å². The molecule has 4 aromatic rings. The number of nitrogens with zero attached hydrogens (tertiary/aromatic N) is 4. The molecule has 0 atom stereocenters. The highest BCUT2D eigenvalue weighted by molar-refractivity contribution is 7.15. The molecule has 13 heteroatoms. The summed E-state index contributed by atoms with van der Waals surface area (Å²) in [4.78, 5) is 39.6. The van der Waals surface area contributed by atoms with Gasteiger partial charge in [0.1, 0.15) is 11.6 Å². The van der Waals surface area contributed by atoms with Crippen LogP contribution >= 0.6 is 11.3 Å². The number of pyridine rings is 3. The monoisotopic (exact) mass is 528 g/mol. The normalized spacial score (nSPS) is 12.9. The average Bonchev–Trinajstić information content (AvgIpc) is 3.32. The van der Waals surface area contributed by atoms with E-state index in [0.29, 0.717) is 28.6 Å². The van der Waals surface area contributed by atoms with Gasteiger partial charge in [-0.05, 0) is 18.2 Å². The van der Waals surface area contributed by atoms with Crippen LogP contribution < -0.4 is 20.9 Å². The van der Waals surface area contributed by atoms with E-state index in [9.17, 15) is 22.8 Å². The van der Waals surface area contributed by atoms with Crippen LogP contribution in [0, 0.1) is 5.82 Å². The molecule has 0 aliphatic carbocycles. The minimum absolute atomic E-state index is 0.0779. The van der Waals surface area contributed by atoms with Gasteiger partial charge in [-0.1, -0.05) is 0 Å². The average molecular weight is 529 g/mol. The molecule has 0 bridgehead atoms. The topological polar surface area (TPSA) is 111 Å². The Morgan fingerprint density at radius 2 is 2.11 bits per heavy atom. The lowest BCUT2D eigenvalue weighted by atomic mass is 10.0. The van der Waals surface area contributed by atoms with Crippen molar-refractivity contribution in [3.05, 3.63) is 80.9 Å². The van der Waals surface area contributed by atoms with Gasteiger partial charge in [0, 0.05) is 54.1 Å². The summed E-state index contributed by atoms with van der Waals surface area (Å²) in [5, 5.41) is 6.48. The molecule has 5 rings (SSSR count). The number of amides is 1.